The smallest absolute Gasteiger partial charge is 0.260 e. The lowest BCUT2D eigenvalue weighted by Gasteiger charge is -2.24. The zero-order chi connectivity index (χ0) is 14.7. The quantitative estimate of drug-likeness (QED) is 0.378. The topological polar surface area (TPSA) is 78.9 Å². The Hall–Kier alpha value is -2.25. The molecule has 1 aromatic carbocycles. The molecule has 1 atom stereocenters. The van der Waals surface area contributed by atoms with Gasteiger partial charge in [0.05, 0.1) is 6.04 Å². The van der Waals surface area contributed by atoms with Gasteiger partial charge in [-0.25, -0.2) is 13.2 Å². The predicted octanol–water partition coefficient (Wildman–Crippen LogP) is 1.31. The standard InChI is InChI=1S/C11H12F3N3O2/c1-5(10(15)16-19)17(2)11(18)9-7(13)3-6(12)4-8(9)14/h3-5,19H,1-2H3,(H2,15,16). The molecule has 0 aromatic heterocycles. The van der Waals surface area contributed by atoms with Crippen LogP contribution < -0.4 is 5.73 Å². The second kappa shape index (κ2) is 5.59. The van der Waals surface area contributed by atoms with Crippen molar-refractivity contribution in [1.29, 1.82) is 0 Å². The van der Waals surface area contributed by atoms with Crippen molar-refractivity contribution in [3.8, 4) is 0 Å². The molecule has 0 heterocycles. The minimum atomic E-state index is -1.32. The number of hydrogen-bond donors (Lipinski definition) is 2. The first kappa shape index (κ1) is 14.8. The molecule has 1 rings (SSSR count). The number of nitrogens with two attached hydrogens (primary N) is 1. The van der Waals surface area contributed by atoms with Crippen molar-refractivity contribution >= 4 is 11.7 Å². The summed E-state index contributed by atoms with van der Waals surface area (Å²) < 4.78 is 39.6. The predicted molar refractivity (Wildman–Crippen MR) is 61.3 cm³/mol. The van der Waals surface area contributed by atoms with E-state index in [1.165, 1.54) is 14.0 Å². The maximum absolute atomic E-state index is 13.4. The van der Waals surface area contributed by atoms with Crippen LogP contribution in [0.15, 0.2) is 17.3 Å². The Labute approximate surface area is 107 Å². The molecular formula is C11H12F3N3O2. The van der Waals surface area contributed by atoms with E-state index in [0.717, 1.165) is 4.90 Å². The summed E-state index contributed by atoms with van der Waals surface area (Å²) in [6.45, 7) is 1.40. The van der Waals surface area contributed by atoms with Gasteiger partial charge >= 0.3 is 0 Å². The molecular weight excluding hydrogens is 263 g/mol. The van der Waals surface area contributed by atoms with Crippen LogP contribution in [0.1, 0.15) is 17.3 Å². The molecule has 0 aliphatic heterocycles. The average molecular weight is 275 g/mol. The molecule has 8 heteroatoms. The number of amides is 1. The second-order valence-electron chi connectivity index (χ2n) is 3.86. The van der Waals surface area contributed by atoms with E-state index in [-0.39, 0.29) is 5.84 Å². The Balaban J connectivity index is 3.14. The fourth-order valence-electron chi connectivity index (χ4n) is 1.38. The molecule has 0 spiro atoms. The lowest BCUT2D eigenvalue weighted by atomic mass is 10.1. The van der Waals surface area contributed by atoms with Gasteiger partial charge in [-0.2, -0.15) is 0 Å². The normalized spacial score (nSPS) is 13.2. The van der Waals surface area contributed by atoms with E-state index in [2.05, 4.69) is 5.16 Å². The van der Waals surface area contributed by atoms with Crippen LogP contribution in [0.25, 0.3) is 0 Å². The lowest BCUT2D eigenvalue weighted by Crippen LogP contribution is -2.44. The number of nitrogens with zero attached hydrogens (tertiary/aromatic N) is 2. The fraction of sp³-hybridized carbons (Fsp3) is 0.273. The van der Waals surface area contributed by atoms with Gasteiger partial charge in [0.25, 0.3) is 5.91 Å². The molecule has 0 aliphatic carbocycles. The molecule has 104 valence electrons. The summed E-state index contributed by atoms with van der Waals surface area (Å²) in [5.74, 6) is -5.12. The van der Waals surface area contributed by atoms with Crippen LogP contribution in [0.5, 0.6) is 0 Å². The van der Waals surface area contributed by atoms with Crippen LogP contribution >= 0.6 is 0 Å². The highest BCUT2D eigenvalue weighted by atomic mass is 19.1. The Morgan fingerprint density at radius 3 is 2.26 bits per heavy atom. The summed E-state index contributed by atoms with van der Waals surface area (Å²) in [4.78, 5) is 12.8. The van der Waals surface area contributed by atoms with Crippen LogP contribution in [0, 0.1) is 17.5 Å². The van der Waals surface area contributed by atoms with Crippen LogP contribution in [0.3, 0.4) is 0 Å². The monoisotopic (exact) mass is 275 g/mol. The van der Waals surface area contributed by atoms with Gasteiger partial charge in [0, 0.05) is 19.2 Å². The summed E-state index contributed by atoms with van der Waals surface area (Å²) in [7, 11) is 1.22. The van der Waals surface area contributed by atoms with Crippen LogP contribution in [-0.4, -0.2) is 34.9 Å². The van der Waals surface area contributed by atoms with E-state index in [1.54, 1.807) is 0 Å². The first-order chi connectivity index (χ1) is 8.79. The van der Waals surface area contributed by atoms with Crippen LogP contribution in [0.4, 0.5) is 13.2 Å². The summed E-state index contributed by atoms with van der Waals surface area (Å²) in [6.07, 6.45) is 0. The molecule has 0 saturated carbocycles. The largest absolute Gasteiger partial charge is 0.409 e. The van der Waals surface area contributed by atoms with E-state index in [0.29, 0.717) is 12.1 Å². The van der Waals surface area contributed by atoms with Crippen molar-refractivity contribution in [2.45, 2.75) is 13.0 Å². The third-order valence-electron chi connectivity index (χ3n) is 2.67. The Bertz CT molecular complexity index is 511. The van der Waals surface area contributed by atoms with Gasteiger partial charge in [-0.3, -0.25) is 4.79 Å². The van der Waals surface area contributed by atoms with Gasteiger partial charge in [0.2, 0.25) is 0 Å². The molecule has 0 aliphatic rings. The Morgan fingerprint density at radius 1 is 1.37 bits per heavy atom. The molecule has 0 radical (unpaired) electrons. The number of halogens is 3. The summed E-state index contributed by atoms with van der Waals surface area (Å²) >= 11 is 0. The number of rotatable bonds is 3. The summed E-state index contributed by atoms with van der Waals surface area (Å²) in [5, 5.41) is 11.2. The second-order valence-corrected chi connectivity index (χ2v) is 3.86. The first-order valence-corrected chi connectivity index (χ1v) is 5.18. The fourth-order valence-corrected chi connectivity index (χ4v) is 1.38. The van der Waals surface area contributed by atoms with E-state index >= 15 is 0 Å². The molecule has 0 fully saturated rings. The highest BCUT2D eigenvalue weighted by Crippen LogP contribution is 2.17. The number of amidine groups is 1. The maximum atomic E-state index is 13.4. The molecule has 1 aromatic rings. The number of carbonyl (C=O) groups is 1. The number of benzene rings is 1. The van der Waals surface area contributed by atoms with Crippen molar-refractivity contribution in [3.05, 3.63) is 35.1 Å². The first-order valence-electron chi connectivity index (χ1n) is 5.18. The minimum absolute atomic E-state index is 0.307. The zero-order valence-electron chi connectivity index (χ0n) is 10.2. The van der Waals surface area contributed by atoms with E-state index in [9.17, 15) is 18.0 Å². The highest BCUT2D eigenvalue weighted by Gasteiger charge is 2.26. The van der Waals surface area contributed by atoms with Gasteiger partial charge in [0.15, 0.2) is 5.84 Å². The molecule has 1 unspecified atom stereocenters. The lowest BCUT2D eigenvalue weighted by molar-refractivity contribution is 0.0766. The van der Waals surface area contributed by atoms with Crippen molar-refractivity contribution in [2.75, 3.05) is 7.05 Å². The van der Waals surface area contributed by atoms with Gasteiger partial charge in [-0.1, -0.05) is 5.16 Å². The third kappa shape index (κ3) is 2.95. The van der Waals surface area contributed by atoms with Crippen molar-refractivity contribution in [3.63, 3.8) is 0 Å². The van der Waals surface area contributed by atoms with Crippen molar-refractivity contribution < 1.29 is 23.2 Å². The van der Waals surface area contributed by atoms with Gasteiger partial charge < -0.3 is 15.8 Å². The van der Waals surface area contributed by atoms with Crippen molar-refractivity contribution in [1.82, 2.24) is 4.90 Å². The van der Waals surface area contributed by atoms with E-state index in [4.69, 9.17) is 10.9 Å². The van der Waals surface area contributed by atoms with E-state index in [1.807, 2.05) is 0 Å². The number of oxime groups is 1. The minimum Gasteiger partial charge on any atom is -0.409 e. The maximum Gasteiger partial charge on any atom is 0.260 e. The van der Waals surface area contributed by atoms with E-state index < -0.39 is 35.0 Å². The summed E-state index contributed by atoms with van der Waals surface area (Å²) in [5.41, 5.74) is 4.39. The molecule has 3 N–H and O–H groups in total. The highest BCUT2D eigenvalue weighted by molar-refractivity contribution is 5.98. The Morgan fingerprint density at radius 2 is 1.84 bits per heavy atom. The van der Waals surface area contributed by atoms with Crippen LogP contribution in [-0.2, 0) is 0 Å². The van der Waals surface area contributed by atoms with Gasteiger partial charge in [-0.15, -0.1) is 0 Å². The third-order valence-corrected chi connectivity index (χ3v) is 2.67. The molecule has 0 bridgehead atoms. The van der Waals surface area contributed by atoms with Gasteiger partial charge in [0.1, 0.15) is 23.0 Å². The van der Waals surface area contributed by atoms with Crippen LogP contribution in [0.2, 0.25) is 0 Å². The number of likely N-dealkylation sites (N-methyl/N-ethyl adjacent to an activating group) is 1. The average Bonchev–Trinajstić information content (AvgIpc) is 2.34. The molecule has 0 saturated heterocycles. The number of carbonyl (C=O) groups excluding carboxylic acids is 1. The summed E-state index contributed by atoms with van der Waals surface area (Å²) in [6, 6.07) is -0.0854. The molecule has 5 nitrogen and oxygen atoms in total. The van der Waals surface area contributed by atoms with Crippen molar-refractivity contribution in [2.24, 2.45) is 10.9 Å². The van der Waals surface area contributed by atoms with Gasteiger partial charge in [-0.05, 0) is 6.92 Å². The number of hydrogen-bond acceptors (Lipinski definition) is 3. The zero-order valence-corrected chi connectivity index (χ0v) is 10.2. The Kier molecular flexibility index (Phi) is 4.36. The molecule has 19 heavy (non-hydrogen) atoms. The molecule has 1 amide bonds. The SMILES string of the molecule is CC(C(N)=NO)N(C)C(=O)c1c(F)cc(F)cc1F.